The summed E-state index contributed by atoms with van der Waals surface area (Å²) in [4.78, 5) is 17.4. The lowest BCUT2D eigenvalue weighted by Gasteiger charge is -2.23. The highest BCUT2D eigenvalue weighted by Gasteiger charge is 2.19. The summed E-state index contributed by atoms with van der Waals surface area (Å²) >= 11 is 0. The van der Waals surface area contributed by atoms with Gasteiger partial charge in [-0.3, -0.25) is 9.36 Å². The molecule has 1 aromatic carbocycles. The van der Waals surface area contributed by atoms with Crippen LogP contribution in [0.5, 0.6) is 0 Å². The van der Waals surface area contributed by atoms with Crippen LogP contribution in [0.1, 0.15) is 43.7 Å². The van der Waals surface area contributed by atoms with Crippen molar-refractivity contribution in [2.45, 2.75) is 45.1 Å². The summed E-state index contributed by atoms with van der Waals surface area (Å²) in [5, 5.41) is 5.01. The van der Waals surface area contributed by atoms with Crippen LogP contribution in [-0.2, 0) is 0 Å². The van der Waals surface area contributed by atoms with Gasteiger partial charge >= 0.3 is 0 Å². The highest BCUT2D eigenvalue weighted by Crippen LogP contribution is 2.27. The highest BCUT2D eigenvalue weighted by atomic mass is 16.1. The lowest BCUT2D eigenvalue weighted by molar-refractivity contribution is 0.345. The molecule has 0 saturated heterocycles. The van der Waals surface area contributed by atoms with E-state index >= 15 is 0 Å². The Hall–Kier alpha value is -2.43. The molecule has 1 aliphatic carbocycles. The topological polar surface area (TPSA) is 52.7 Å². The molecule has 5 nitrogen and oxygen atoms in total. The van der Waals surface area contributed by atoms with Crippen molar-refractivity contribution in [3.05, 3.63) is 52.7 Å². The first-order valence-electron chi connectivity index (χ1n) is 8.26. The van der Waals surface area contributed by atoms with Crippen LogP contribution in [0.2, 0.25) is 0 Å². The molecule has 4 rings (SSSR count). The summed E-state index contributed by atoms with van der Waals surface area (Å²) in [5.74, 6) is 0. The Bertz CT molecular complexity index is 903. The number of aromatic nitrogens is 4. The average molecular weight is 308 g/mol. The van der Waals surface area contributed by atoms with Crippen LogP contribution in [0.3, 0.4) is 0 Å². The zero-order valence-electron chi connectivity index (χ0n) is 13.3. The van der Waals surface area contributed by atoms with E-state index in [9.17, 15) is 4.79 Å². The number of para-hydroxylation sites is 1. The smallest absolute Gasteiger partial charge is 0.264 e. The molecular formula is C18H20N4O. The van der Waals surface area contributed by atoms with Crippen LogP contribution in [0.4, 0.5) is 0 Å². The Kier molecular flexibility index (Phi) is 3.48. The van der Waals surface area contributed by atoms with Crippen molar-refractivity contribution in [2.75, 3.05) is 0 Å². The Balaban J connectivity index is 1.84. The summed E-state index contributed by atoms with van der Waals surface area (Å²) in [7, 11) is 0. The monoisotopic (exact) mass is 308 g/mol. The molecule has 1 aliphatic rings. The lowest BCUT2D eigenvalue weighted by atomic mass is 9.95. The maximum absolute atomic E-state index is 12.8. The molecular weight excluding hydrogens is 288 g/mol. The molecule has 0 bridgehead atoms. The van der Waals surface area contributed by atoms with E-state index in [1.807, 2.05) is 35.8 Å². The van der Waals surface area contributed by atoms with Crippen molar-refractivity contribution in [1.29, 1.82) is 0 Å². The first kappa shape index (κ1) is 14.2. The highest BCUT2D eigenvalue weighted by molar-refractivity contribution is 5.75. The van der Waals surface area contributed by atoms with Crippen molar-refractivity contribution < 1.29 is 0 Å². The minimum Gasteiger partial charge on any atom is -0.295 e. The van der Waals surface area contributed by atoms with Gasteiger partial charge in [-0.25, -0.2) is 9.67 Å². The van der Waals surface area contributed by atoms with Crippen LogP contribution in [0, 0.1) is 6.92 Å². The number of nitrogens with zero attached hydrogens (tertiary/aromatic N) is 4. The van der Waals surface area contributed by atoms with E-state index in [-0.39, 0.29) is 11.6 Å². The zero-order valence-corrected chi connectivity index (χ0v) is 13.3. The third kappa shape index (κ3) is 2.36. The third-order valence-corrected chi connectivity index (χ3v) is 4.82. The van der Waals surface area contributed by atoms with Crippen molar-refractivity contribution in [3.8, 4) is 5.69 Å². The molecule has 2 heterocycles. The van der Waals surface area contributed by atoms with Crippen LogP contribution in [0.15, 0.2) is 41.6 Å². The van der Waals surface area contributed by atoms with Crippen molar-refractivity contribution >= 4 is 11.0 Å². The summed E-state index contributed by atoms with van der Waals surface area (Å²) in [5.41, 5.74) is 2.73. The summed E-state index contributed by atoms with van der Waals surface area (Å²) in [6.07, 6.45) is 9.15. The van der Waals surface area contributed by atoms with Crippen molar-refractivity contribution in [3.63, 3.8) is 0 Å². The fraction of sp³-hybridized carbons (Fsp3) is 0.389. The molecule has 0 aliphatic heterocycles. The van der Waals surface area contributed by atoms with Crippen LogP contribution < -0.4 is 5.56 Å². The van der Waals surface area contributed by atoms with Gasteiger partial charge in [0.1, 0.15) is 11.7 Å². The SMILES string of the molecule is Cc1ccccc1-n1ncc2c(=O)n(C3CCCCC3)cnc21. The minimum atomic E-state index is 0.0294. The van der Waals surface area contributed by atoms with Gasteiger partial charge in [-0.15, -0.1) is 0 Å². The third-order valence-electron chi connectivity index (χ3n) is 4.82. The number of aryl methyl sites for hydroxylation is 1. The largest absolute Gasteiger partial charge is 0.295 e. The summed E-state index contributed by atoms with van der Waals surface area (Å²) < 4.78 is 3.57. The Morgan fingerprint density at radius 3 is 2.70 bits per heavy atom. The second kappa shape index (κ2) is 5.65. The normalized spacial score (nSPS) is 16.0. The molecule has 1 saturated carbocycles. The summed E-state index contributed by atoms with van der Waals surface area (Å²) in [6.45, 7) is 2.03. The molecule has 5 heteroatoms. The molecule has 3 aromatic rings. The molecule has 0 spiro atoms. The van der Waals surface area contributed by atoms with E-state index in [1.54, 1.807) is 17.2 Å². The number of rotatable bonds is 2. The predicted molar refractivity (Wildman–Crippen MR) is 90.0 cm³/mol. The van der Waals surface area contributed by atoms with Crippen molar-refractivity contribution in [2.24, 2.45) is 0 Å². The Labute approximate surface area is 134 Å². The maximum atomic E-state index is 12.8. The molecule has 0 radical (unpaired) electrons. The number of benzene rings is 1. The molecule has 0 N–H and O–H groups in total. The molecule has 118 valence electrons. The fourth-order valence-corrected chi connectivity index (χ4v) is 3.52. The van der Waals surface area contributed by atoms with E-state index in [1.165, 1.54) is 19.3 Å². The quantitative estimate of drug-likeness (QED) is 0.729. The van der Waals surface area contributed by atoms with Crippen LogP contribution in [0.25, 0.3) is 16.7 Å². The number of hydrogen-bond acceptors (Lipinski definition) is 3. The van der Waals surface area contributed by atoms with E-state index < -0.39 is 0 Å². The Morgan fingerprint density at radius 2 is 1.91 bits per heavy atom. The Morgan fingerprint density at radius 1 is 1.13 bits per heavy atom. The van der Waals surface area contributed by atoms with Gasteiger partial charge in [0.25, 0.3) is 5.56 Å². The lowest BCUT2D eigenvalue weighted by Crippen LogP contribution is -2.26. The van der Waals surface area contributed by atoms with Gasteiger partial charge in [0.2, 0.25) is 0 Å². The van der Waals surface area contributed by atoms with Gasteiger partial charge in [0, 0.05) is 6.04 Å². The molecule has 1 fully saturated rings. The molecule has 2 aromatic heterocycles. The zero-order chi connectivity index (χ0) is 15.8. The second-order valence-electron chi connectivity index (χ2n) is 6.33. The predicted octanol–water partition coefficient (Wildman–Crippen LogP) is 3.40. The van der Waals surface area contributed by atoms with E-state index in [0.29, 0.717) is 11.0 Å². The van der Waals surface area contributed by atoms with Gasteiger partial charge in [-0.05, 0) is 31.4 Å². The van der Waals surface area contributed by atoms with E-state index in [4.69, 9.17) is 0 Å². The number of hydrogen-bond donors (Lipinski definition) is 0. The van der Waals surface area contributed by atoms with Crippen LogP contribution in [-0.4, -0.2) is 19.3 Å². The van der Waals surface area contributed by atoms with Crippen LogP contribution >= 0.6 is 0 Å². The van der Waals surface area contributed by atoms with Gasteiger partial charge in [-0.2, -0.15) is 5.10 Å². The molecule has 23 heavy (non-hydrogen) atoms. The van der Waals surface area contributed by atoms with Crippen molar-refractivity contribution in [1.82, 2.24) is 19.3 Å². The minimum absolute atomic E-state index is 0.0294. The van der Waals surface area contributed by atoms with Gasteiger partial charge in [-0.1, -0.05) is 37.5 Å². The standard InChI is InChI=1S/C18H20N4O/c1-13-7-5-6-10-16(13)22-17-15(11-20-22)18(23)21(12-19-17)14-8-3-2-4-9-14/h5-7,10-12,14H,2-4,8-9H2,1H3. The summed E-state index contributed by atoms with van der Waals surface area (Å²) in [6, 6.07) is 8.28. The second-order valence-corrected chi connectivity index (χ2v) is 6.33. The maximum Gasteiger partial charge on any atom is 0.264 e. The van der Waals surface area contributed by atoms with Gasteiger partial charge in [0.05, 0.1) is 11.9 Å². The molecule has 0 atom stereocenters. The van der Waals surface area contributed by atoms with Gasteiger partial charge in [0.15, 0.2) is 5.65 Å². The van der Waals surface area contributed by atoms with E-state index in [0.717, 1.165) is 24.1 Å². The first-order chi connectivity index (χ1) is 11.3. The molecule has 0 unspecified atom stereocenters. The fourth-order valence-electron chi connectivity index (χ4n) is 3.52. The molecule has 0 amide bonds. The first-order valence-corrected chi connectivity index (χ1v) is 8.26. The van der Waals surface area contributed by atoms with E-state index in [2.05, 4.69) is 10.1 Å². The average Bonchev–Trinajstić information content (AvgIpc) is 3.01. The van der Waals surface area contributed by atoms with Gasteiger partial charge < -0.3 is 0 Å². The number of fused-ring (bicyclic) bond motifs is 1.